The van der Waals surface area contributed by atoms with Crippen LogP contribution in [0.15, 0.2) is 24.3 Å². The van der Waals surface area contributed by atoms with E-state index in [-0.39, 0.29) is 5.97 Å². The number of esters is 1. The summed E-state index contributed by atoms with van der Waals surface area (Å²) in [7, 11) is 1.42. The van der Waals surface area contributed by atoms with Gasteiger partial charge in [0.2, 0.25) is 0 Å². The summed E-state index contributed by atoms with van der Waals surface area (Å²) in [6.45, 7) is 4.00. The first-order valence-electron chi connectivity index (χ1n) is 6.40. The van der Waals surface area contributed by atoms with E-state index < -0.39 is 0 Å². The van der Waals surface area contributed by atoms with Crippen LogP contribution in [0.3, 0.4) is 0 Å². The van der Waals surface area contributed by atoms with Crippen LogP contribution in [0.4, 0.5) is 0 Å². The van der Waals surface area contributed by atoms with E-state index in [9.17, 15) is 4.79 Å². The predicted molar refractivity (Wildman–Crippen MR) is 76.5 cm³/mol. The molecule has 0 spiro atoms. The standard InChI is InChI=1S/C13H12O2S.C2H6/c1-15-13(14)12-7-10-6-9(8-2-3-8)4-5-11(10)16-12;1-2/h4-8H,2-3H2,1H3;1-2H3. The highest BCUT2D eigenvalue weighted by Gasteiger charge is 2.23. The number of hydrogen-bond acceptors (Lipinski definition) is 3. The minimum atomic E-state index is -0.242. The first-order chi connectivity index (χ1) is 8.78. The van der Waals surface area contributed by atoms with Gasteiger partial charge < -0.3 is 4.74 Å². The molecule has 1 aliphatic carbocycles. The minimum absolute atomic E-state index is 0.242. The number of ether oxygens (including phenoxy) is 1. The molecule has 3 heteroatoms. The van der Waals surface area contributed by atoms with Crippen LogP contribution in [0.1, 0.15) is 47.8 Å². The smallest absolute Gasteiger partial charge is 0.348 e. The third-order valence-electron chi connectivity index (χ3n) is 2.98. The highest BCUT2D eigenvalue weighted by Crippen LogP contribution is 2.41. The van der Waals surface area contributed by atoms with Gasteiger partial charge in [-0.05, 0) is 41.8 Å². The summed E-state index contributed by atoms with van der Waals surface area (Å²) in [4.78, 5) is 12.1. The molecule has 0 saturated heterocycles. The molecule has 2 nitrogen and oxygen atoms in total. The molecule has 96 valence electrons. The van der Waals surface area contributed by atoms with Crippen LogP contribution in [-0.2, 0) is 4.74 Å². The van der Waals surface area contributed by atoms with E-state index in [2.05, 4.69) is 18.2 Å². The summed E-state index contributed by atoms with van der Waals surface area (Å²) in [5.74, 6) is 0.514. The average Bonchev–Trinajstić information content (AvgIpc) is 3.18. The van der Waals surface area contributed by atoms with E-state index in [4.69, 9.17) is 4.74 Å². The Bertz CT molecular complexity index is 553. The highest BCUT2D eigenvalue weighted by molar-refractivity contribution is 7.20. The zero-order chi connectivity index (χ0) is 13.1. The zero-order valence-corrected chi connectivity index (χ0v) is 11.8. The van der Waals surface area contributed by atoms with Gasteiger partial charge in [-0.15, -0.1) is 11.3 Å². The normalized spacial score (nSPS) is 13.9. The fourth-order valence-corrected chi connectivity index (χ4v) is 2.89. The maximum absolute atomic E-state index is 11.4. The highest BCUT2D eigenvalue weighted by atomic mass is 32.1. The molecule has 1 aromatic carbocycles. The molecule has 3 rings (SSSR count). The van der Waals surface area contributed by atoms with Gasteiger partial charge in [-0.2, -0.15) is 0 Å². The molecule has 1 heterocycles. The molecular weight excluding hydrogens is 244 g/mol. The van der Waals surface area contributed by atoms with Crippen molar-refractivity contribution in [3.05, 3.63) is 34.7 Å². The van der Waals surface area contributed by atoms with Crippen LogP contribution in [0, 0.1) is 0 Å². The number of methoxy groups -OCH3 is 1. The van der Waals surface area contributed by atoms with E-state index in [1.807, 2.05) is 19.9 Å². The number of fused-ring (bicyclic) bond motifs is 1. The van der Waals surface area contributed by atoms with E-state index in [1.165, 1.54) is 36.9 Å². The lowest BCUT2D eigenvalue weighted by Crippen LogP contribution is -1.96. The molecule has 0 bridgehead atoms. The van der Waals surface area contributed by atoms with Crippen molar-refractivity contribution >= 4 is 27.4 Å². The maximum Gasteiger partial charge on any atom is 0.348 e. The molecule has 1 aliphatic rings. The summed E-state index contributed by atoms with van der Waals surface area (Å²) in [6.07, 6.45) is 2.61. The Morgan fingerprint density at radius 1 is 1.28 bits per heavy atom. The SMILES string of the molecule is CC.COC(=O)c1cc2cc(C3CC3)ccc2s1. The van der Waals surface area contributed by atoms with Crippen molar-refractivity contribution in [3.63, 3.8) is 0 Å². The summed E-state index contributed by atoms with van der Waals surface area (Å²) >= 11 is 1.50. The molecule has 0 N–H and O–H groups in total. The quantitative estimate of drug-likeness (QED) is 0.740. The van der Waals surface area contributed by atoms with Crippen LogP contribution < -0.4 is 0 Å². The third kappa shape index (κ3) is 2.56. The van der Waals surface area contributed by atoms with E-state index in [0.29, 0.717) is 4.88 Å². The van der Waals surface area contributed by atoms with Gasteiger partial charge in [-0.1, -0.05) is 26.0 Å². The van der Waals surface area contributed by atoms with E-state index >= 15 is 0 Å². The van der Waals surface area contributed by atoms with Crippen molar-refractivity contribution < 1.29 is 9.53 Å². The lowest BCUT2D eigenvalue weighted by atomic mass is 10.1. The lowest BCUT2D eigenvalue weighted by Gasteiger charge is -1.96. The van der Waals surface area contributed by atoms with Gasteiger partial charge in [0.05, 0.1) is 7.11 Å². The molecule has 0 atom stereocenters. The predicted octanol–water partition coefficient (Wildman–Crippen LogP) is 4.59. The van der Waals surface area contributed by atoms with Gasteiger partial charge in [-0.25, -0.2) is 4.79 Å². The van der Waals surface area contributed by atoms with Crippen LogP contribution >= 0.6 is 11.3 Å². The maximum atomic E-state index is 11.4. The summed E-state index contributed by atoms with van der Waals surface area (Å²) in [6, 6.07) is 8.42. The molecule has 0 aliphatic heterocycles. The van der Waals surface area contributed by atoms with Gasteiger partial charge >= 0.3 is 5.97 Å². The summed E-state index contributed by atoms with van der Waals surface area (Å²) in [5.41, 5.74) is 1.40. The van der Waals surface area contributed by atoms with Crippen molar-refractivity contribution in [2.24, 2.45) is 0 Å². The molecule has 0 radical (unpaired) electrons. The number of thiophene rings is 1. The molecular formula is C15H18O2S. The summed E-state index contributed by atoms with van der Waals surface area (Å²) < 4.78 is 5.88. The Labute approximate surface area is 112 Å². The second-order valence-corrected chi connectivity index (χ2v) is 5.26. The fraction of sp³-hybridized carbons (Fsp3) is 0.400. The van der Waals surface area contributed by atoms with Gasteiger partial charge in [0.1, 0.15) is 4.88 Å². The Balaban J connectivity index is 0.000000574. The Morgan fingerprint density at radius 3 is 2.61 bits per heavy atom. The molecule has 1 fully saturated rings. The monoisotopic (exact) mass is 262 g/mol. The van der Waals surface area contributed by atoms with Gasteiger partial charge in [0.25, 0.3) is 0 Å². The molecule has 18 heavy (non-hydrogen) atoms. The first kappa shape index (κ1) is 13.1. The van der Waals surface area contributed by atoms with Crippen molar-refractivity contribution in [1.82, 2.24) is 0 Å². The molecule has 1 aromatic heterocycles. The Morgan fingerprint density at radius 2 is 2.00 bits per heavy atom. The Hall–Kier alpha value is -1.35. The van der Waals surface area contributed by atoms with Crippen molar-refractivity contribution in [2.45, 2.75) is 32.6 Å². The van der Waals surface area contributed by atoms with Crippen LogP contribution in [0.2, 0.25) is 0 Å². The molecule has 2 aromatic rings. The molecule has 1 saturated carbocycles. The summed E-state index contributed by atoms with van der Waals surface area (Å²) in [5, 5.41) is 1.16. The van der Waals surface area contributed by atoms with Gasteiger partial charge in [-0.3, -0.25) is 0 Å². The average molecular weight is 262 g/mol. The minimum Gasteiger partial charge on any atom is -0.465 e. The van der Waals surface area contributed by atoms with E-state index in [0.717, 1.165) is 16.0 Å². The van der Waals surface area contributed by atoms with Crippen LogP contribution in [-0.4, -0.2) is 13.1 Å². The number of carbonyl (C=O) groups excluding carboxylic acids is 1. The zero-order valence-electron chi connectivity index (χ0n) is 11.0. The van der Waals surface area contributed by atoms with Crippen molar-refractivity contribution in [2.75, 3.05) is 7.11 Å². The topological polar surface area (TPSA) is 26.3 Å². The second-order valence-electron chi connectivity index (χ2n) is 4.17. The first-order valence-corrected chi connectivity index (χ1v) is 7.21. The number of carbonyl (C=O) groups is 1. The van der Waals surface area contributed by atoms with Crippen molar-refractivity contribution in [3.8, 4) is 0 Å². The molecule has 0 unspecified atom stereocenters. The lowest BCUT2D eigenvalue weighted by molar-refractivity contribution is 0.0606. The van der Waals surface area contributed by atoms with E-state index in [1.54, 1.807) is 0 Å². The van der Waals surface area contributed by atoms with Crippen LogP contribution in [0.5, 0.6) is 0 Å². The Kier molecular flexibility index (Phi) is 4.02. The number of rotatable bonds is 2. The second kappa shape index (κ2) is 5.53. The fourth-order valence-electron chi connectivity index (χ4n) is 1.93. The largest absolute Gasteiger partial charge is 0.465 e. The number of benzene rings is 1. The van der Waals surface area contributed by atoms with Gasteiger partial charge in [0.15, 0.2) is 0 Å². The van der Waals surface area contributed by atoms with Crippen molar-refractivity contribution in [1.29, 1.82) is 0 Å². The molecule has 0 amide bonds. The van der Waals surface area contributed by atoms with Crippen LogP contribution in [0.25, 0.3) is 10.1 Å². The number of hydrogen-bond donors (Lipinski definition) is 0. The third-order valence-corrected chi connectivity index (χ3v) is 4.07. The van der Waals surface area contributed by atoms with Gasteiger partial charge in [0, 0.05) is 4.70 Å².